The van der Waals surface area contributed by atoms with E-state index >= 15 is 0 Å². The van der Waals surface area contributed by atoms with Crippen molar-refractivity contribution in [3.63, 3.8) is 0 Å². The van der Waals surface area contributed by atoms with Crippen LogP contribution in [0.1, 0.15) is 30.8 Å². The quantitative estimate of drug-likeness (QED) is 0.815. The van der Waals surface area contributed by atoms with E-state index in [1.54, 1.807) is 7.05 Å². The number of carbonyl (C=O) groups excluding carboxylic acids is 1. The molecule has 0 bridgehead atoms. The molecule has 106 valence electrons. The lowest BCUT2D eigenvalue weighted by atomic mass is 10.1. The fraction of sp³-hybridized carbons (Fsp3) is 0.750. The van der Waals surface area contributed by atoms with Crippen molar-refractivity contribution >= 4 is 5.91 Å². The maximum Gasteiger partial charge on any atom is 0.276 e. The van der Waals surface area contributed by atoms with Crippen molar-refractivity contribution in [1.82, 2.24) is 19.9 Å². The van der Waals surface area contributed by atoms with Crippen LogP contribution < -0.4 is 0 Å². The van der Waals surface area contributed by atoms with Crippen molar-refractivity contribution in [2.45, 2.75) is 38.6 Å². The fourth-order valence-electron chi connectivity index (χ4n) is 2.18. The maximum atomic E-state index is 14.0. The van der Waals surface area contributed by atoms with E-state index in [1.165, 1.54) is 15.8 Å². The summed E-state index contributed by atoms with van der Waals surface area (Å²) in [4.78, 5) is 13.6. The van der Waals surface area contributed by atoms with Crippen LogP contribution in [0.2, 0.25) is 0 Å². The van der Waals surface area contributed by atoms with Crippen LogP contribution in [0, 0.1) is 0 Å². The maximum absolute atomic E-state index is 14.0. The summed E-state index contributed by atoms with van der Waals surface area (Å²) < 4.78 is 20.9. The van der Waals surface area contributed by atoms with Gasteiger partial charge in [-0.25, -0.2) is 4.39 Å². The molecule has 2 rings (SSSR count). The normalized spacial score (nSPS) is 23.9. The Morgan fingerprint density at radius 3 is 2.84 bits per heavy atom. The molecule has 2 heterocycles. The summed E-state index contributed by atoms with van der Waals surface area (Å²) in [5.41, 5.74) is 0.248. The highest BCUT2D eigenvalue weighted by molar-refractivity contribution is 5.92. The van der Waals surface area contributed by atoms with Gasteiger partial charge in [0.2, 0.25) is 0 Å². The summed E-state index contributed by atoms with van der Waals surface area (Å²) in [6.07, 6.45) is 0.450. The molecule has 1 aliphatic rings. The number of amides is 1. The van der Waals surface area contributed by atoms with Gasteiger partial charge in [0, 0.05) is 13.6 Å². The standard InChI is InChI=1S/C12H19FN4O2/c1-8(2)19-11-4-5-17(6-9(11)13)12(18)10-7-16(3)15-14-10/h7-9,11H,4-6H2,1-3H3/t9-,11+/m1/s1. The van der Waals surface area contributed by atoms with E-state index < -0.39 is 12.3 Å². The van der Waals surface area contributed by atoms with Crippen LogP contribution in [0.25, 0.3) is 0 Å². The van der Waals surface area contributed by atoms with Gasteiger partial charge in [0.1, 0.15) is 6.17 Å². The molecular weight excluding hydrogens is 251 g/mol. The third-order valence-corrected chi connectivity index (χ3v) is 3.04. The first-order chi connectivity index (χ1) is 8.97. The van der Waals surface area contributed by atoms with E-state index in [9.17, 15) is 9.18 Å². The van der Waals surface area contributed by atoms with Crippen LogP contribution in [0.3, 0.4) is 0 Å². The third-order valence-electron chi connectivity index (χ3n) is 3.04. The topological polar surface area (TPSA) is 60.2 Å². The van der Waals surface area contributed by atoms with Gasteiger partial charge in [-0.2, -0.15) is 0 Å². The van der Waals surface area contributed by atoms with E-state index in [-0.39, 0.29) is 24.2 Å². The summed E-state index contributed by atoms with van der Waals surface area (Å²) in [6, 6.07) is 0. The molecule has 0 unspecified atom stereocenters. The number of hydrogen-bond donors (Lipinski definition) is 0. The van der Waals surface area contributed by atoms with Crippen molar-refractivity contribution < 1.29 is 13.9 Å². The second kappa shape index (κ2) is 5.64. The predicted molar refractivity (Wildman–Crippen MR) is 66.4 cm³/mol. The Hall–Kier alpha value is -1.50. The Balaban J connectivity index is 1.96. The van der Waals surface area contributed by atoms with Crippen LogP contribution in [-0.4, -0.2) is 57.3 Å². The predicted octanol–water partition coefficient (Wildman–Crippen LogP) is 0.793. The lowest BCUT2D eigenvalue weighted by Crippen LogP contribution is -2.48. The Labute approximate surface area is 111 Å². The highest BCUT2D eigenvalue weighted by Gasteiger charge is 2.33. The van der Waals surface area contributed by atoms with Crippen LogP contribution in [-0.2, 0) is 11.8 Å². The summed E-state index contributed by atoms with van der Waals surface area (Å²) in [6.45, 7) is 4.29. The second-order valence-corrected chi connectivity index (χ2v) is 5.06. The van der Waals surface area contributed by atoms with Gasteiger partial charge in [-0.3, -0.25) is 9.48 Å². The highest BCUT2D eigenvalue weighted by atomic mass is 19.1. The number of alkyl halides is 1. The average molecular weight is 270 g/mol. The number of likely N-dealkylation sites (tertiary alicyclic amines) is 1. The van der Waals surface area contributed by atoms with Gasteiger partial charge in [0.15, 0.2) is 5.69 Å². The van der Waals surface area contributed by atoms with Crippen molar-refractivity contribution in [1.29, 1.82) is 0 Å². The number of piperidine rings is 1. The molecule has 0 N–H and O–H groups in total. The number of aromatic nitrogens is 3. The molecule has 1 aliphatic heterocycles. The van der Waals surface area contributed by atoms with Gasteiger partial charge < -0.3 is 9.64 Å². The molecule has 6 nitrogen and oxygen atoms in total. The minimum atomic E-state index is -1.16. The van der Waals surface area contributed by atoms with Gasteiger partial charge in [-0.15, -0.1) is 5.10 Å². The molecule has 1 fully saturated rings. The monoisotopic (exact) mass is 270 g/mol. The summed E-state index contributed by atoms with van der Waals surface area (Å²) >= 11 is 0. The highest BCUT2D eigenvalue weighted by Crippen LogP contribution is 2.20. The zero-order chi connectivity index (χ0) is 14.0. The molecular formula is C12H19FN4O2. The van der Waals surface area contributed by atoms with E-state index in [0.717, 1.165) is 0 Å². The Morgan fingerprint density at radius 2 is 2.32 bits per heavy atom. The average Bonchev–Trinajstić information content (AvgIpc) is 2.77. The first-order valence-corrected chi connectivity index (χ1v) is 6.42. The van der Waals surface area contributed by atoms with Gasteiger partial charge in [0.25, 0.3) is 5.91 Å². The molecule has 0 saturated carbocycles. The largest absolute Gasteiger partial charge is 0.372 e. The fourth-order valence-corrected chi connectivity index (χ4v) is 2.18. The molecule has 1 amide bonds. The number of aryl methyl sites for hydroxylation is 1. The zero-order valence-corrected chi connectivity index (χ0v) is 11.4. The number of rotatable bonds is 3. The minimum Gasteiger partial charge on any atom is -0.372 e. The van der Waals surface area contributed by atoms with Crippen molar-refractivity contribution in [3.05, 3.63) is 11.9 Å². The molecule has 7 heteroatoms. The first kappa shape index (κ1) is 13.9. The van der Waals surface area contributed by atoms with E-state index in [4.69, 9.17) is 4.74 Å². The zero-order valence-electron chi connectivity index (χ0n) is 11.4. The minimum absolute atomic E-state index is 0.00880. The number of nitrogens with zero attached hydrogens (tertiary/aromatic N) is 4. The summed E-state index contributed by atoms with van der Waals surface area (Å²) in [5.74, 6) is -0.279. The number of carbonyl (C=O) groups is 1. The molecule has 0 radical (unpaired) electrons. The summed E-state index contributed by atoms with van der Waals surface area (Å²) in [5, 5.41) is 7.46. The lowest BCUT2D eigenvalue weighted by Gasteiger charge is -2.35. The van der Waals surface area contributed by atoms with E-state index in [0.29, 0.717) is 13.0 Å². The third kappa shape index (κ3) is 3.28. The lowest BCUT2D eigenvalue weighted by molar-refractivity contribution is -0.0666. The molecule has 19 heavy (non-hydrogen) atoms. The van der Waals surface area contributed by atoms with Crippen LogP contribution in [0.15, 0.2) is 6.20 Å². The van der Waals surface area contributed by atoms with Crippen molar-refractivity contribution in [2.24, 2.45) is 7.05 Å². The van der Waals surface area contributed by atoms with Gasteiger partial charge >= 0.3 is 0 Å². The first-order valence-electron chi connectivity index (χ1n) is 6.42. The van der Waals surface area contributed by atoms with Crippen LogP contribution in [0.4, 0.5) is 4.39 Å². The number of ether oxygens (including phenoxy) is 1. The number of halogens is 1. The number of hydrogen-bond acceptors (Lipinski definition) is 4. The Morgan fingerprint density at radius 1 is 1.58 bits per heavy atom. The molecule has 1 aromatic rings. The molecule has 2 atom stereocenters. The van der Waals surface area contributed by atoms with Crippen LogP contribution in [0.5, 0.6) is 0 Å². The van der Waals surface area contributed by atoms with Gasteiger partial charge in [-0.1, -0.05) is 5.21 Å². The molecule has 0 aliphatic carbocycles. The molecule has 0 spiro atoms. The van der Waals surface area contributed by atoms with Crippen molar-refractivity contribution in [2.75, 3.05) is 13.1 Å². The molecule has 1 aromatic heterocycles. The Kier molecular flexibility index (Phi) is 4.14. The molecule has 0 aromatic carbocycles. The van der Waals surface area contributed by atoms with Gasteiger partial charge in [-0.05, 0) is 20.3 Å². The smallest absolute Gasteiger partial charge is 0.276 e. The second-order valence-electron chi connectivity index (χ2n) is 5.06. The van der Waals surface area contributed by atoms with Gasteiger partial charge in [0.05, 0.1) is 24.9 Å². The van der Waals surface area contributed by atoms with E-state index in [2.05, 4.69) is 10.3 Å². The SMILES string of the molecule is CC(C)O[C@H]1CCN(C(=O)c2cn(C)nn2)C[C@H]1F. The molecule has 1 saturated heterocycles. The van der Waals surface area contributed by atoms with Crippen molar-refractivity contribution in [3.8, 4) is 0 Å². The van der Waals surface area contributed by atoms with E-state index in [1.807, 2.05) is 13.8 Å². The Bertz CT molecular complexity index is 449. The summed E-state index contributed by atoms with van der Waals surface area (Å²) in [7, 11) is 1.68. The van der Waals surface area contributed by atoms with Crippen LogP contribution >= 0.6 is 0 Å².